The van der Waals surface area contributed by atoms with Crippen molar-refractivity contribution in [2.45, 2.75) is 38.7 Å². The van der Waals surface area contributed by atoms with Gasteiger partial charge in [0.2, 0.25) is 0 Å². The lowest BCUT2D eigenvalue weighted by molar-refractivity contribution is 0.0995. The minimum atomic E-state index is -0.325. The van der Waals surface area contributed by atoms with Crippen LogP contribution in [-0.2, 0) is 11.2 Å². The Morgan fingerprint density at radius 2 is 2.17 bits per heavy atom. The highest BCUT2D eigenvalue weighted by molar-refractivity contribution is 5.42. The molecule has 1 atom stereocenters. The monoisotopic (exact) mass is 250 g/mol. The van der Waals surface area contributed by atoms with Gasteiger partial charge in [0.15, 0.2) is 0 Å². The SMILES string of the molecule is CCCOCCOc1cccc2c1CCCC2O. The maximum Gasteiger partial charge on any atom is 0.122 e. The predicted molar refractivity (Wildman–Crippen MR) is 70.9 cm³/mol. The van der Waals surface area contributed by atoms with Gasteiger partial charge in [0, 0.05) is 6.61 Å². The first-order chi connectivity index (χ1) is 8.83. The van der Waals surface area contributed by atoms with Gasteiger partial charge in [0.05, 0.1) is 12.7 Å². The molecule has 1 N–H and O–H groups in total. The fourth-order valence-electron chi connectivity index (χ4n) is 2.38. The Balaban J connectivity index is 1.94. The zero-order valence-electron chi connectivity index (χ0n) is 11.0. The summed E-state index contributed by atoms with van der Waals surface area (Å²) in [7, 11) is 0. The molecule has 1 aromatic carbocycles. The third-order valence-corrected chi connectivity index (χ3v) is 3.27. The van der Waals surface area contributed by atoms with Crippen molar-refractivity contribution in [2.24, 2.45) is 0 Å². The van der Waals surface area contributed by atoms with Gasteiger partial charge in [-0.25, -0.2) is 0 Å². The summed E-state index contributed by atoms with van der Waals surface area (Å²) in [6.45, 7) is 4.08. The van der Waals surface area contributed by atoms with Crippen molar-refractivity contribution in [3.8, 4) is 5.75 Å². The van der Waals surface area contributed by atoms with Crippen molar-refractivity contribution in [3.05, 3.63) is 29.3 Å². The number of rotatable bonds is 6. The predicted octanol–water partition coefficient (Wildman–Crippen LogP) is 2.86. The highest BCUT2D eigenvalue weighted by atomic mass is 16.5. The Labute approximate surface area is 109 Å². The summed E-state index contributed by atoms with van der Waals surface area (Å²) in [4.78, 5) is 0. The van der Waals surface area contributed by atoms with Crippen molar-refractivity contribution in [2.75, 3.05) is 19.8 Å². The van der Waals surface area contributed by atoms with Gasteiger partial charge in [0.25, 0.3) is 0 Å². The minimum Gasteiger partial charge on any atom is -0.491 e. The molecule has 2 rings (SSSR count). The molecule has 0 radical (unpaired) electrons. The fraction of sp³-hybridized carbons (Fsp3) is 0.600. The number of aliphatic hydroxyl groups excluding tert-OH is 1. The summed E-state index contributed by atoms with van der Waals surface area (Å²) < 4.78 is 11.2. The molecular weight excluding hydrogens is 228 g/mol. The third kappa shape index (κ3) is 3.24. The number of aliphatic hydroxyl groups is 1. The largest absolute Gasteiger partial charge is 0.491 e. The molecule has 1 aliphatic rings. The molecule has 0 spiro atoms. The van der Waals surface area contributed by atoms with Crippen LogP contribution in [0.15, 0.2) is 18.2 Å². The molecule has 0 saturated carbocycles. The summed E-state index contributed by atoms with van der Waals surface area (Å²) >= 11 is 0. The van der Waals surface area contributed by atoms with Crippen LogP contribution in [0, 0.1) is 0 Å². The van der Waals surface area contributed by atoms with Gasteiger partial charge in [-0.05, 0) is 42.9 Å². The van der Waals surface area contributed by atoms with Gasteiger partial charge in [-0.3, -0.25) is 0 Å². The molecule has 3 heteroatoms. The molecule has 1 unspecified atom stereocenters. The maximum absolute atomic E-state index is 9.95. The van der Waals surface area contributed by atoms with Crippen LogP contribution < -0.4 is 4.74 Å². The molecule has 3 nitrogen and oxygen atoms in total. The Bertz CT molecular complexity index is 376. The molecular formula is C15H22O3. The Morgan fingerprint density at radius 1 is 1.28 bits per heavy atom. The topological polar surface area (TPSA) is 38.7 Å². The Hall–Kier alpha value is -1.06. The van der Waals surface area contributed by atoms with Gasteiger partial charge in [0.1, 0.15) is 12.4 Å². The maximum atomic E-state index is 9.95. The smallest absolute Gasteiger partial charge is 0.122 e. The van der Waals surface area contributed by atoms with Gasteiger partial charge >= 0.3 is 0 Å². The normalized spacial score (nSPS) is 18.4. The Morgan fingerprint density at radius 3 is 3.00 bits per heavy atom. The van der Waals surface area contributed by atoms with Crippen LogP contribution in [0.5, 0.6) is 5.75 Å². The fourth-order valence-corrected chi connectivity index (χ4v) is 2.38. The van der Waals surface area contributed by atoms with E-state index in [1.165, 1.54) is 5.56 Å². The molecule has 0 heterocycles. The molecule has 0 saturated heterocycles. The van der Waals surface area contributed by atoms with Gasteiger partial charge in [-0.15, -0.1) is 0 Å². The number of benzene rings is 1. The van der Waals surface area contributed by atoms with Gasteiger partial charge in [-0.2, -0.15) is 0 Å². The van der Waals surface area contributed by atoms with Gasteiger partial charge in [-0.1, -0.05) is 19.1 Å². The number of ether oxygens (including phenoxy) is 2. The van der Waals surface area contributed by atoms with Crippen LogP contribution in [0.1, 0.15) is 43.4 Å². The van der Waals surface area contributed by atoms with Crippen LogP contribution in [0.25, 0.3) is 0 Å². The van der Waals surface area contributed by atoms with Crippen LogP contribution in [0.3, 0.4) is 0 Å². The quantitative estimate of drug-likeness (QED) is 0.789. The van der Waals surface area contributed by atoms with E-state index in [0.29, 0.717) is 13.2 Å². The van der Waals surface area contributed by atoms with Crippen LogP contribution >= 0.6 is 0 Å². The summed E-state index contributed by atoms with van der Waals surface area (Å²) in [6.07, 6.45) is 3.59. The average Bonchev–Trinajstić information content (AvgIpc) is 2.39. The Kier molecular flexibility index (Phi) is 5.02. The number of hydrogen-bond donors (Lipinski definition) is 1. The summed E-state index contributed by atoms with van der Waals surface area (Å²) in [5, 5.41) is 9.95. The average molecular weight is 250 g/mol. The van der Waals surface area contributed by atoms with Crippen molar-refractivity contribution in [1.29, 1.82) is 0 Å². The number of fused-ring (bicyclic) bond motifs is 1. The van der Waals surface area contributed by atoms with Crippen molar-refractivity contribution < 1.29 is 14.6 Å². The van der Waals surface area contributed by atoms with E-state index >= 15 is 0 Å². The molecule has 0 fully saturated rings. The van der Waals surface area contributed by atoms with Crippen LogP contribution in [-0.4, -0.2) is 24.9 Å². The second-order valence-electron chi connectivity index (χ2n) is 4.69. The van der Waals surface area contributed by atoms with E-state index in [2.05, 4.69) is 6.92 Å². The minimum absolute atomic E-state index is 0.325. The molecule has 0 bridgehead atoms. The first-order valence-corrected chi connectivity index (χ1v) is 6.83. The highest BCUT2D eigenvalue weighted by Crippen LogP contribution is 2.35. The lowest BCUT2D eigenvalue weighted by Crippen LogP contribution is -2.13. The van der Waals surface area contributed by atoms with E-state index in [1.807, 2.05) is 18.2 Å². The van der Waals surface area contributed by atoms with Crippen molar-refractivity contribution in [1.82, 2.24) is 0 Å². The summed E-state index contributed by atoms with van der Waals surface area (Å²) in [6, 6.07) is 5.94. The molecule has 0 amide bonds. The van der Waals surface area contributed by atoms with E-state index in [4.69, 9.17) is 9.47 Å². The zero-order chi connectivity index (χ0) is 12.8. The number of hydrogen-bond acceptors (Lipinski definition) is 3. The molecule has 0 aromatic heterocycles. The first kappa shape index (κ1) is 13.4. The second kappa shape index (κ2) is 6.76. The standard InChI is InChI=1S/C15H22O3/c1-2-9-17-10-11-18-15-8-4-5-12-13(15)6-3-7-14(12)16/h4-5,8,14,16H,2-3,6-7,9-11H2,1H3. The lowest BCUT2D eigenvalue weighted by atomic mass is 9.89. The van der Waals surface area contributed by atoms with E-state index in [0.717, 1.165) is 43.6 Å². The first-order valence-electron chi connectivity index (χ1n) is 6.83. The molecule has 100 valence electrons. The molecule has 1 aliphatic carbocycles. The summed E-state index contributed by atoms with van der Waals surface area (Å²) in [5.41, 5.74) is 2.21. The lowest BCUT2D eigenvalue weighted by Gasteiger charge is -2.23. The van der Waals surface area contributed by atoms with Crippen molar-refractivity contribution >= 4 is 0 Å². The van der Waals surface area contributed by atoms with Crippen molar-refractivity contribution in [3.63, 3.8) is 0 Å². The highest BCUT2D eigenvalue weighted by Gasteiger charge is 2.20. The summed E-state index contributed by atoms with van der Waals surface area (Å²) in [5.74, 6) is 0.909. The molecule has 18 heavy (non-hydrogen) atoms. The third-order valence-electron chi connectivity index (χ3n) is 3.27. The molecule has 1 aromatic rings. The van der Waals surface area contributed by atoms with E-state index < -0.39 is 0 Å². The zero-order valence-corrected chi connectivity index (χ0v) is 11.0. The second-order valence-corrected chi connectivity index (χ2v) is 4.69. The van der Waals surface area contributed by atoms with E-state index in [9.17, 15) is 5.11 Å². The van der Waals surface area contributed by atoms with Gasteiger partial charge < -0.3 is 14.6 Å². The van der Waals surface area contributed by atoms with E-state index in [1.54, 1.807) is 0 Å². The molecule has 0 aliphatic heterocycles. The van der Waals surface area contributed by atoms with E-state index in [-0.39, 0.29) is 6.10 Å². The van der Waals surface area contributed by atoms with Crippen LogP contribution in [0.4, 0.5) is 0 Å². The van der Waals surface area contributed by atoms with Crippen LogP contribution in [0.2, 0.25) is 0 Å².